The largest absolute Gasteiger partial charge is 0.477 e. The highest BCUT2D eigenvalue weighted by Gasteiger charge is 2.21. The van der Waals surface area contributed by atoms with Crippen LogP contribution in [0.1, 0.15) is 23.0 Å². The highest BCUT2D eigenvalue weighted by atomic mass is 35.5. The molecule has 0 atom stereocenters. The van der Waals surface area contributed by atoms with Gasteiger partial charge in [0, 0.05) is 10.4 Å². The first-order chi connectivity index (χ1) is 8.47. The van der Waals surface area contributed by atoms with Gasteiger partial charge in [0.2, 0.25) is 5.43 Å². The topological polar surface area (TPSA) is 59.3 Å². The minimum Gasteiger partial charge on any atom is -0.477 e. The van der Waals surface area contributed by atoms with Crippen LogP contribution in [-0.2, 0) is 6.42 Å². The number of carbonyl (C=O) groups is 1. The Labute approximate surface area is 106 Å². The van der Waals surface area contributed by atoms with E-state index in [1.807, 2.05) is 0 Å². The van der Waals surface area contributed by atoms with E-state index < -0.39 is 17.0 Å². The predicted octanol–water partition coefficient (Wildman–Crippen LogP) is 2.65. The van der Waals surface area contributed by atoms with Gasteiger partial charge < -0.3 is 5.11 Å². The van der Waals surface area contributed by atoms with Crippen LogP contribution in [-0.4, -0.2) is 15.9 Å². The summed E-state index contributed by atoms with van der Waals surface area (Å²) >= 11 is 5.74. The number of hydrogen-bond donors (Lipinski definition) is 1. The molecule has 0 bridgehead atoms. The van der Waals surface area contributed by atoms with Crippen LogP contribution in [0.5, 0.6) is 0 Å². The molecule has 1 aromatic carbocycles. The minimum absolute atomic E-state index is 0.00324. The van der Waals surface area contributed by atoms with Gasteiger partial charge in [-0.2, -0.15) is 4.79 Å². The van der Waals surface area contributed by atoms with Crippen LogP contribution in [0.4, 0.5) is 4.48 Å². The van der Waals surface area contributed by atoms with Gasteiger partial charge in [-0.25, -0.2) is 4.79 Å². The molecule has 0 amide bonds. The number of aromatic nitrogens is 1. The van der Waals surface area contributed by atoms with Crippen molar-refractivity contribution in [1.82, 2.24) is 4.79 Å². The maximum atomic E-state index is 14.1. The second kappa shape index (κ2) is 4.42. The molecule has 1 heterocycles. The van der Waals surface area contributed by atoms with Crippen LogP contribution in [0.2, 0.25) is 5.02 Å². The van der Waals surface area contributed by atoms with Crippen molar-refractivity contribution in [2.75, 3.05) is 0 Å². The summed E-state index contributed by atoms with van der Waals surface area (Å²) in [5.41, 5.74) is -1.41. The Morgan fingerprint density at radius 2 is 2.17 bits per heavy atom. The number of aromatic carboxylic acids is 1. The van der Waals surface area contributed by atoms with E-state index in [9.17, 15) is 14.1 Å². The first kappa shape index (κ1) is 12.6. The number of pyridine rings is 1. The summed E-state index contributed by atoms with van der Waals surface area (Å²) in [6.07, 6.45) is 0.0931. The molecule has 18 heavy (non-hydrogen) atoms. The summed E-state index contributed by atoms with van der Waals surface area (Å²) in [6.45, 7) is 1.58. The number of halogens is 2. The van der Waals surface area contributed by atoms with Crippen molar-refractivity contribution in [1.29, 1.82) is 0 Å². The number of benzene rings is 1. The summed E-state index contributed by atoms with van der Waals surface area (Å²) in [6, 6.07) is 4.04. The van der Waals surface area contributed by atoms with Gasteiger partial charge in [-0.05, 0) is 24.6 Å². The van der Waals surface area contributed by atoms with Crippen LogP contribution in [0.15, 0.2) is 23.0 Å². The van der Waals surface area contributed by atoms with E-state index in [0.717, 1.165) is 0 Å². The molecule has 0 aliphatic carbocycles. The molecule has 2 aromatic rings. The Bertz CT molecular complexity index is 709. The fraction of sp³-hybridized carbons (Fsp3) is 0.167. The Kier molecular flexibility index (Phi) is 3.09. The zero-order valence-corrected chi connectivity index (χ0v) is 10.2. The van der Waals surface area contributed by atoms with Gasteiger partial charge in [0.25, 0.3) is 0 Å². The molecule has 0 saturated carbocycles. The molecular weight excluding hydrogens is 261 g/mol. The molecule has 1 N–H and O–H groups in total. The van der Waals surface area contributed by atoms with Gasteiger partial charge in [0.05, 0.1) is 11.2 Å². The Morgan fingerprint density at radius 3 is 2.72 bits per heavy atom. The summed E-state index contributed by atoms with van der Waals surface area (Å²) in [7, 11) is 0. The lowest BCUT2D eigenvalue weighted by Crippen LogP contribution is -2.21. The van der Waals surface area contributed by atoms with E-state index in [1.165, 1.54) is 18.2 Å². The number of rotatable bonds is 2. The number of carboxylic acid groups (broad SMARTS) is 1. The van der Waals surface area contributed by atoms with Crippen LogP contribution < -0.4 is 5.43 Å². The quantitative estimate of drug-likeness (QED) is 0.912. The molecule has 0 aliphatic heterocycles. The van der Waals surface area contributed by atoms with E-state index >= 15 is 0 Å². The van der Waals surface area contributed by atoms with Gasteiger partial charge in [0.15, 0.2) is 0 Å². The summed E-state index contributed by atoms with van der Waals surface area (Å²) in [5, 5.41) is 9.28. The van der Waals surface area contributed by atoms with Crippen molar-refractivity contribution in [3.63, 3.8) is 0 Å². The first-order valence-corrected chi connectivity index (χ1v) is 5.61. The van der Waals surface area contributed by atoms with E-state index in [2.05, 4.69) is 0 Å². The highest BCUT2D eigenvalue weighted by molar-refractivity contribution is 6.31. The Balaban J connectivity index is 3.05. The third-order valence-corrected chi connectivity index (χ3v) is 2.95. The fourth-order valence-corrected chi connectivity index (χ4v) is 2.07. The summed E-state index contributed by atoms with van der Waals surface area (Å²) in [4.78, 5) is 23.3. The molecule has 0 saturated heterocycles. The lowest BCUT2D eigenvalue weighted by Gasteiger charge is -2.10. The monoisotopic (exact) mass is 269 g/mol. The molecule has 0 aliphatic rings. The highest BCUT2D eigenvalue weighted by Crippen LogP contribution is 2.21. The zero-order valence-electron chi connectivity index (χ0n) is 9.41. The fourth-order valence-electron chi connectivity index (χ4n) is 1.90. The first-order valence-electron chi connectivity index (χ1n) is 5.24. The second-order valence-electron chi connectivity index (χ2n) is 3.75. The average molecular weight is 270 g/mol. The zero-order chi connectivity index (χ0) is 13.4. The average Bonchev–Trinajstić information content (AvgIpc) is 2.32. The van der Waals surface area contributed by atoms with Crippen molar-refractivity contribution < 1.29 is 14.4 Å². The third kappa shape index (κ3) is 1.76. The van der Waals surface area contributed by atoms with Crippen molar-refractivity contribution in [3.8, 4) is 0 Å². The smallest absolute Gasteiger partial charge is 0.341 e. The van der Waals surface area contributed by atoms with Crippen LogP contribution >= 0.6 is 11.6 Å². The maximum Gasteiger partial charge on any atom is 0.341 e. The van der Waals surface area contributed by atoms with Gasteiger partial charge >= 0.3 is 5.97 Å². The third-order valence-electron chi connectivity index (χ3n) is 2.72. The molecule has 0 spiro atoms. The van der Waals surface area contributed by atoms with Gasteiger partial charge in [-0.3, -0.25) is 4.79 Å². The number of nitrogens with zero attached hydrogens (tertiary/aromatic N) is 1. The lowest BCUT2D eigenvalue weighted by atomic mass is 10.1. The van der Waals surface area contributed by atoms with Crippen molar-refractivity contribution >= 4 is 28.5 Å². The van der Waals surface area contributed by atoms with Crippen molar-refractivity contribution in [2.45, 2.75) is 13.3 Å². The molecule has 0 unspecified atom stereocenters. The molecular formula is C12H9ClFNO3. The van der Waals surface area contributed by atoms with E-state index in [0.29, 0.717) is 0 Å². The van der Waals surface area contributed by atoms with E-state index in [4.69, 9.17) is 16.7 Å². The van der Waals surface area contributed by atoms with Crippen LogP contribution in [0, 0.1) is 0 Å². The molecule has 1 aromatic heterocycles. The number of carboxylic acids is 1. The predicted molar refractivity (Wildman–Crippen MR) is 66.1 cm³/mol. The molecule has 0 radical (unpaired) electrons. The Hall–Kier alpha value is -1.88. The number of fused-ring (bicyclic) bond motifs is 1. The normalized spacial score (nSPS) is 10.8. The molecule has 6 heteroatoms. The van der Waals surface area contributed by atoms with Crippen LogP contribution in [0.3, 0.4) is 0 Å². The maximum absolute atomic E-state index is 14.1. The Morgan fingerprint density at radius 1 is 1.50 bits per heavy atom. The standard InChI is InChI=1S/C12H9ClFNO3/c1-2-8-10(12(17)18)11(16)7-4-3-6(13)5-9(7)15(8)14/h3-5H,2H2,1H3,(H,17,18). The SMILES string of the molecule is CCc1c(C(=O)O)c(=O)c2ccc(Cl)cc2n1F. The number of hydrogen-bond acceptors (Lipinski definition) is 2. The van der Waals surface area contributed by atoms with Crippen molar-refractivity contribution in [3.05, 3.63) is 44.7 Å². The second-order valence-corrected chi connectivity index (χ2v) is 4.19. The molecule has 0 fully saturated rings. The van der Waals surface area contributed by atoms with E-state index in [1.54, 1.807) is 6.92 Å². The lowest BCUT2D eigenvalue weighted by molar-refractivity contribution is 0.0692. The minimum atomic E-state index is -1.43. The van der Waals surface area contributed by atoms with Crippen LogP contribution in [0.25, 0.3) is 10.9 Å². The molecule has 4 nitrogen and oxygen atoms in total. The van der Waals surface area contributed by atoms with E-state index in [-0.39, 0.29) is 32.8 Å². The van der Waals surface area contributed by atoms with Gasteiger partial charge in [-0.15, -0.1) is 0 Å². The van der Waals surface area contributed by atoms with Crippen molar-refractivity contribution in [2.24, 2.45) is 0 Å². The molecule has 94 valence electrons. The molecule has 2 rings (SSSR count). The summed E-state index contributed by atoms with van der Waals surface area (Å²) < 4.78 is 14.1. The van der Waals surface area contributed by atoms with Gasteiger partial charge in [-0.1, -0.05) is 23.0 Å². The summed E-state index contributed by atoms with van der Waals surface area (Å²) in [5.74, 6) is -1.43. The van der Waals surface area contributed by atoms with Gasteiger partial charge in [0.1, 0.15) is 5.56 Å².